The lowest BCUT2D eigenvalue weighted by Crippen LogP contribution is -2.16. The highest BCUT2D eigenvalue weighted by molar-refractivity contribution is 9.10. The van der Waals surface area contributed by atoms with Gasteiger partial charge in [-0.05, 0) is 36.2 Å². The zero-order valence-corrected chi connectivity index (χ0v) is 11.9. The van der Waals surface area contributed by atoms with Gasteiger partial charge in [-0.25, -0.2) is 4.39 Å². The number of hydrogen-bond donors (Lipinski definition) is 0. The second-order valence-corrected chi connectivity index (χ2v) is 5.87. The minimum atomic E-state index is -0.207. The van der Waals surface area contributed by atoms with Crippen LogP contribution in [0.2, 0.25) is 0 Å². The Morgan fingerprint density at radius 2 is 2.12 bits per heavy atom. The Morgan fingerprint density at radius 1 is 1.29 bits per heavy atom. The lowest BCUT2D eigenvalue weighted by atomic mass is 10.2. The molecule has 2 aromatic rings. The van der Waals surface area contributed by atoms with E-state index >= 15 is 0 Å². The molecule has 0 aliphatic heterocycles. The summed E-state index contributed by atoms with van der Waals surface area (Å²) in [6, 6.07) is 9.01. The van der Waals surface area contributed by atoms with Crippen molar-refractivity contribution in [2.45, 2.75) is 13.1 Å². The third kappa shape index (κ3) is 3.63. The standard InChI is InChI=1S/C13H13BrFNS/c1-16(9-12-3-2-6-17-12)8-10-4-5-11(15)7-13(10)14/h2-7H,8-9H2,1H3. The van der Waals surface area contributed by atoms with Crippen LogP contribution in [0.25, 0.3) is 0 Å². The summed E-state index contributed by atoms with van der Waals surface area (Å²) < 4.78 is 13.8. The second kappa shape index (κ2) is 5.76. The number of benzene rings is 1. The van der Waals surface area contributed by atoms with Gasteiger partial charge in [-0.15, -0.1) is 11.3 Å². The van der Waals surface area contributed by atoms with Crippen LogP contribution in [0.5, 0.6) is 0 Å². The van der Waals surface area contributed by atoms with Crippen molar-refractivity contribution in [1.82, 2.24) is 4.90 Å². The lowest BCUT2D eigenvalue weighted by Gasteiger charge is -2.16. The number of rotatable bonds is 4. The molecule has 0 aliphatic rings. The zero-order chi connectivity index (χ0) is 12.3. The second-order valence-electron chi connectivity index (χ2n) is 3.99. The molecule has 1 aromatic heterocycles. The summed E-state index contributed by atoms with van der Waals surface area (Å²) in [5, 5.41) is 2.08. The summed E-state index contributed by atoms with van der Waals surface area (Å²) in [5.41, 5.74) is 1.10. The largest absolute Gasteiger partial charge is 0.297 e. The molecule has 1 nitrogen and oxygen atoms in total. The van der Waals surface area contributed by atoms with E-state index < -0.39 is 0 Å². The lowest BCUT2D eigenvalue weighted by molar-refractivity contribution is 0.321. The van der Waals surface area contributed by atoms with Gasteiger partial charge in [0.05, 0.1) is 0 Å². The van der Waals surface area contributed by atoms with E-state index in [4.69, 9.17) is 0 Å². The maximum atomic E-state index is 12.9. The SMILES string of the molecule is CN(Cc1cccs1)Cc1ccc(F)cc1Br. The molecule has 0 bridgehead atoms. The number of halogens is 2. The van der Waals surface area contributed by atoms with Crippen LogP contribution in [-0.4, -0.2) is 11.9 Å². The molecule has 0 aliphatic carbocycles. The van der Waals surface area contributed by atoms with Crippen molar-refractivity contribution in [2.24, 2.45) is 0 Å². The first-order chi connectivity index (χ1) is 8.15. The predicted octanol–water partition coefficient (Wildman–Crippen LogP) is 4.28. The van der Waals surface area contributed by atoms with Gasteiger partial charge in [-0.2, -0.15) is 0 Å². The van der Waals surface area contributed by atoms with Crippen molar-refractivity contribution in [3.63, 3.8) is 0 Å². The number of hydrogen-bond acceptors (Lipinski definition) is 2. The monoisotopic (exact) mass is 313 g/mol. The topological polar surface area (TPSA) is 3.24 Å². The van der Waals surface area contributed by atoms with Crippen molar-refractivity contribution in [2.75, 3.05) is 7.05 Å². The fraction of sp³-hybridized carbons (Fsp3) is 0.231. The molecule has 0 N–H and O–H groups in total. The first kappa shape index (κ1) is 12.7. The van der Waals surface area contributed by atoms with Crippen LogP contribution in [0.3, 0.4) is 0 Å². The summed E-state index contributed by atoms with van der Waals surface area (Å²) in [7, 11) is 2.06. The minimum absolute atomic E-state index is 0.207. The Labute approximate surface area is 113 Å². The molecule has 17 heavy (non-hydrogen) atoms. The van der Waals surface area contributed by atoms with Gasteiger partial charge in [0.15, 0.2) is 0 Å². The average Bonchev–Trinajstić information content (AvgIpc) is 2.75. The summed E-state index contributed by atoms with van der Waals surface area (Å²) in [4.78, 5) is 3.55. The first-order valence-electron chi connectivity index (χ1n) is 5.30. The van der Waals surface area contributed by atoms with E-state index in [1.807, 2.05) is 6.07 Å². The van der Waals surface area contributed by atoms with E-state index in [1.165, 1.54) is 17.0 Å². The van der Waals surface area contributed by atoms with Gasteiger partial charge in [-0.3, -0.25) is 4.90 Å². The summed E-state index contributed by atoms with van der Waals surface area (Å²) >= 11 is 5.14. The van der Waals surface area contributed by atoms with Crippen LogP contribution in [-0.2, 0) is 13.1 Å². The molecule has 0 radical (unpaired) electrons. The van der Waals surface area contributed by atoms with Gasteiger partial charge in [0.25, 0.3) is 0 Å². The van der Waals surface area contributed by atoms with Crippen LogP contribution in [0.1, 0.15) is 10.4 Å². The van der Waals surface area contributed by atoms with Crippen molar-refractivity contribution in [1.29, 1.82) is 0 Å². The molecule has 0 atom stereocenters. The van der Waals surface area contributed by atoms with Crippen LogP contribution in [0.4, 0.5) is 4.39 Å². The molecule has 1 heterocycles. The Morgan fingerprint density at radius 3 is 2.76 bits per heavy atom. The summed E-state index contributed by atoms with van der Waals surface area (Å²) in [6.07, 6.45) is 0. The third-order valence-corrected chi connectivity index (χ3v) is 4.06. The normalized spacial score (nSPS) is 11.1. The first-order valence-corrected chi connectivity index (χ1v) is 6.97. The molecule has 0 spiro atoms. The zero-order valence-electron chi connectivity index (χ0n) is 9.49. The fourth-order valence-corrected chi connectivity index (χ4v) is 2.93. The average molecular weight is 314 g/mol. The highest BCUT2D eigenvalue weighted by Crippen LogP contribution is 2.20. The molecule has 2 rings (SSSR count). The fourth-order valence-electron chi connectivity index (χ4n) is 1.67. The molecule has 90 valence electrons. The summed E-state index contributed by atoms with van der Waals surface area (Å²) in [5.74, 6) is -0.207. The third-order valence-electron chi connectivity index (χ3n) is 2.46. The van der Waals surface area contributed by atoms with E-state index in [-0.39, 0.29) is 5.82 Å². The highest BCUT2D eigenvalue weighted by atomic mass is 79.9. The Bertz CT molecular complexity index is 484. The van der Waals surface area contributed by atoms with Crippen molar-refractivity contribution in [3.05, 3.63) is 56.4 Å². The van der Waals surface area contributed by atoms with Crippen molar-refractivity contribution in [3.8, 4) is 0 Å². The van der Waals surface area contributed by atoms with Gasteiger partial charge < -0.3 is 0 Å². The van der Waals surface area contributed by atoms with Crippen LogP contribution < -0.4 is 0 Å². The van der Waals surface area contributed by atoms with E-state index in [9.17, 15) is 4.39 Å². The number of thiophene rings is 1. The molecule has 1 aromatic carbocycles. The van der Waals surface area contributed by atoms with Gasteiger partial charge in [0.2, 0.25) is 0 Å². The molecular weight excluding hydrogens is 301 g/mol. The molecule has 0 saturated heterocycles. The van der Waals surface area contributed by atoms with Crippen LogP contribution >= 0.6 is 27.3 Å². The van der Waals surface area contributed by atoms with Crippen molar-refractivity contribution < 1.29 is 4.39 Å². The Balaban J connectivity index is 2.00. The van der Waals surface area contributed by atoms with Gasteiger partial charge in [0.1, 0.15) is 5.82 Å². The maximum Gasteiger partial charge on any atom is 0.124 e. The quantitative estimate of drug-likeness (QED) is 0.814. The molecule has 0 unspecified atom stereocenters. The van der Waals surface area contributed by atoms with Gasteiger partial charge in [0, 0.05) is 22.4 Å². The van der Waals surface area contributed by atoms with Crippen molar-refractivity contribution >= 4 is 27.3 Å². The van der Waals surface area contributed by atoms with Crippen LogP contribution in [0.15, 0.2) is 40.2 Å². The van der Waals surface area contributed by atoms with Gasteiger partial charge in [-0.1, -0.05) is 28.1 Å². The Kier molecular flexibility index (Phi) is 4.31. The smallest absolute Gasteiger partial charge is 0.124 e. The van der Waals surface area contributed by atoms with E-state index in [2.05, 4.69) is 45.4 Å². The molecule has 0 fully saturated rings. The predicted molar refractivity (Wildman–Crippen MR) is 73.6 cm³/mol. The van der Waals surface area contributed by atoms with E-state index in [0.717, 1.165) is 23.1 Å². The molecular formula is C13H13BrFNS. The molecule has 0 amide bonds. The van der Waals surface area contributed by atoms with Gasteiger partial charge >= 0.3 is 0 Å². The Hall–Kier alpha value is -0.710. The summed E-state index contributed by atoms with van der Waals surface area (Å²) in [6.45, 7) is 1.72. The van der Waals surface area contributed by atoms with E-state index in [0.29, 0.717) is 0 Å². The molecule has 0 saturated carbocycles. The molecule has 4 heteroatoms. The number of nitrogens with zero attached hydrogens (tertiary/aromatic N) is 1. The van der Waals surface area contributed by atoms with E-state index in [1.54, 1.807) is 11.3 Å². The van der Waals surface area contributed by atoms with Crippen LogP contribution in [0, 0.1) is 5.82 Å². The maximum absolute atomic E-state index is 12.9. The minimum Gasteiger partial charge on any atom is -0.297 e. The highest BCUT2D eigenvalue weighted by Gasteiger charge is 2.06.